The van der Waals surface area contributed by atoms with Gasteiger partial charge in [-0.3, -0.25) is 4.79 Å². The number of nitrogens with zero attached hydrogens (tertiary/aromatic N) is 2. The SMILES string of the molecule is CC(C)C(C)CNC(=O)c1sc(N2CCNCC2)nc1N. The van der Waals surface area contributed by atoms with Gasteiger partial charge in [0.25, 0.3) is 5.91 Å². The molecule has 4 N–H and O–H groups in total. The quantitative estimate of drug-likeness (QED) is 0.760. The van der Waals surface area contributed by atoms with Crippen LogP contribution in [-0.2, 0) is 0 Å². The molecule has 1 fully saturated rings. The average Bonchev–Trinajstić information content (AvgIpc) is 2.87. The van der Waals surface area contributed by atoms with Crippen molar-refractivity contribution in [2.24, 2.45) is 11.8 Å². The molecule has 1 unspecified atom stereocenters. The van der Waals surface area contributed by atoms with E-state index < -0.39 is 0 Å². The number of rotatable bonds is 5. The molecule has 1 aromatic heterocycles. The Kier molecular flexibility index (Phi) is 5.41. The molecule has 1 atom stereocenters. The molecule has 0 spiro atoms. The smallest absolute Gasteiger partial charge is 0.265 e. The maximum Gasteiger partial charge on any atom is 0.265 e. The van der Waals surface area contributed by atoms with E-state index in [1.165, 1.54) is 11.3 Å². The number of amides is 1. The van der Waals surface area contributed by atoms with Crippen LogP contribution in [0.25, 0.3) is 0 Å². The summed E-state index contributed by atoms with van der Waals surface area (Å²) in [5, 5.41) is 7.10. The largest absolute Gasteiger partial charge is 0.382 e. The highest BCUT2D eigenvalue weighted by Crippen LogP contribution is 2.28. The summed E-state index contributed by atoms with van der Waals surface area (Å²) in [7, 11) is 0. The summed E-state index contributed by atoms with van der Waals surface area (Å²) in [4.78, 5) is 19.3. The molecule has 1 aliphatic heterocycles. The van der Waals surface area contributed by atoms with Crippen LogP contribution in [0.15, 0.2) is 0 Å². The highest BCUT2D eigenvalue weighted by molar-refractivity contribution is 7.18. The van der Waals surface area contributed by atoms with E-state index in [2.05, 4.69) is 41.3 Å². The molecule has 2 heterocycles. The molecule has 1 aromatic rings. The van der Waals surface area contributed by atoms with E-state index in [0.29, 0.717) is 29.1 Å². The molecule has 118 valence electrons. The summed E-state index contributed by atoms with van der Waals surface area (Å²) in [6.07, 6.45) is 0. The Morgan fingerprint density at radius 1 is 1.43 bits per heavy atom. The van der Waals surface area contributed by atoms with Gasteiger partial charge in [0, 0.05) is 32.7 Å². The fourth-order valence-electron chi connectivity index (χ4n) is 2.04. The molecule has 0 aliphatic carbocycles. The van der Waals surface area contributed by atoms with Crippen molar-refractivity contribution >= 4 is 28.2 Å². The number of thiazole rings is 1. The zero-order chi connectivity index (χ0) is 15.4. The Bertz CT molecular complexity index is 482. The van der Waals surface area contributed by atoms with E-state index in [1.807, 2.05) is 0 Å². The Morgan fingerprint density at radius 2 is 2.10 bits per heavy atom. The third kappa shape index (κ3) is 4.07. The Hall–Kier alpha value is -1.34. The van der Waals surface area contributed by atoms with Gasteiger partial charge in [0.05, 0.1) is 0 Å². The topological polar surface area (TPSA) is 83.3 Å². The molecule has 1 saturated heterocycles. The third-order valence-electron chi connectivity index (χ3n) is 3.96. The molecule has 21 heavy (non-hydrogen) atoms. The van der Waals surface area contributed by atoms with Gasteiger partial charge in [-0.25, -0.2) is 4.98 Å². The fraction of sp³-hybridized carbons (Fsp3) is 0.714. The third-order valence-corrected chi connectivity index (χ3v) is 5.09. The lowest BCUT2D eigenvalue weighted by Crippen LogP contribution is -2.43. The highest BCUT2D eigenvalue weighted by atomic mass is 32.1. The molecule has 0 bridgehead atoms. The number of aromatic nitrogens is 1. The lowest BCUT2D eigenvalue weighted by atomic mass is 9.98. The lowest BCUT2D eigenvalue weighted by molar-refractivity contribution is 0.0949. The van der Waals surface area contributed by atoms with Gasteiger partial charge >= 0.3 is 0 Å². The molecule has 7 heteroatoms. The van der Waals surface area contributed by atoms with Gasteiger partial charge < -0.3 is 21.3 Å². The van der Waals surface area contributed by atoms with E-state index in [-0.39, 0.29) is 5.91 Å². The van der Waals surface area contributed by atoms with E-state index in [1.54, 1.807) is 0 Å². The number of carbonyl (C=O) groups excluding carboxylic acids is 1. The normalized spacial score (nSPS) is 17.0. The van der Waals surface area contributed by atoms with E-state index in [0.717, 1.165) is 31.3 Å². The second kappa shape index (κ2) is 7.09. The maximum absolute atomic E-state index is 12.2. The van der Waals surface area contributed by atoms with Crippen molar-refractivity contribution in [2.75, 3.05) is 43.4 Å². The van der Waals surface area contributed by atoms with Crippen molar-refractivity contribution in [1.29, 1.82) is 0 Å². The molecular formula is C14H25N5OS. The van der Waals surface area contributed by atoms with Crippen molar-refractivity contribution in [3.8, 4) is 0 Å². The zero-order valence-electron chi connectivity index (χ0n) is 13.0. The van der Waals surface area contributed by atoms with Crippen molar-refractivity contribution in [2.45, 2.75) is 20.8 Å². The molecule has 0 radical (unpaired) electrons. The predicted octanol–water partition coefficient (Wildman–Crippen LogP) is 1.16. The van der Waals surface area contributed by atoms with Crippen LogP contribution in [0.4, 0.5) is 10.9 Å². The molecule has 2 rings (SSSR count). The van der Waals surface area contributed by atoms with Gasteiger partial charge in [0.2, 0.25) is 0 Å². The van der Waals surface area contributed by atoms with Gasteiger partial charge in [-0.1, -0.05) is 32.1 Å². The summed E-state index contributed by atoms with van der Waals surface area (Å²) in [5.41, 5.74) is 5.91. The van der Waals surface area contributed by atoms with Crippen LogP contribution in [0.2, 0.25) is 0 Å². The number of nitrogens with one attached hydrogen (secondary N) is 2. The van der Waals surface area contributed by atoms with Crippen molar-refractivity contribution in [3.63, 3.8) is 0 Å². The summed E-state index contributed by atoms with van der Waals surface area (Å²) in [6, 6.07) is 0. The minimum absolute atomic E-state index is 0.112. The van der Waals surface area contributed by atoms with Crippen LogP contribution in [0.1, 0.15) is 30.4 Å². The Morgan fingerprint density at radius 3 is 2.71 bits per heavy atom. The maximum atomic E-state index is 12.2. The summed E-state index contributed by atoms with van der Waals surface area (Å²) < 4.78 is 0. The van der Waals surface area contributed by atoms with E-state index in [9.17, 15) is 4.79 Å². The van der Waals surface area contributed by atoms with Gasteiger partial charge in [-0.2, -0.15) is 0 Å². The van der Waals surface area contributed by atoms with Gasteiger partial charge in [-0.15, -0.1) is 0 Å². The minimum atomic E-state index is -0.112. The Balaban J connectivity index is 1.99. The monoisotopic (exact) mass is 311 g/mol. The number of nitrogen functional groups attached to an aromatic ring is 1. The van der Waals surface area contributed by atoms with Gasteiger partial charge in [-0.05, 0) is 11.8 Å². The predicted molar refractivity (Wildman–Crippen MR) is 87.9 cm³/mol. The number of piperazine rings is 1. The number of hydrogen-bond donors (Lipinski definition) is 3. The molecule has 6 nitrogen and oxygen atoms in total. The minimum Gasteiger partial charge on any atom is -0.382 e. The van der Waals surface area contributed by atoms with E-state index in [4.69, 9.17) is 5.73 Å². The van der Waals surface area contributed by atoms with Crippen LogP contribution in [0, 0.1) is 11.8 Å². The molecule has 0 saturated carbocycles. The fourth-order valence-corrected chi connectivity index (χ4v) is 3.00. The second-order valence-electron chi connectivity index (χ2n) is 5.88. The van der Waals surface area contributed by atoms with Crippen molar-refractivity contribution in [3.05, 3.63) is 4.88 Å². The zero-order valence-corrected chi connectivity index (χ0v) is 13.8. The lowest BCUT2D eigenvalue weighted by Gasteiger charge is -2.26. The van der Waals surface area contributed by atoms with Crippen molar-refractivity contribution in [1.82, 2.24) is 15.6 Å². The Labute approximate surface area is 130 Å². The second-order valence-corrected chi connectivity index (χ2v) is 6.86. The van der Waals surface area contributed by atoms with E-state index >= 15 is 0 Å². The number of anilines is 2. The van der Waals surface area contributed by atoms with Gasteiger partial charge in [0.1, 0.15) is 10.7 Å². The number of carbonyl (C=O) groups is 1. The van der Waals surface area contributed by atoms with Crippen molar-refractivity contribution < 1.29 is 4.79 Å². The van der Waals surface area contributed by atoms with Crippen LogP contribution in [-0.4, -0.2) is 43.6 Å². The van der Waals surface area contributed by atoms with Crippen LogP contribution in [0.5, 0.6) is 0 Å². The summed E-state index contributed by atoms with van der Waals surface area (Å²) in [6.45, 7) is 10.8. The average molecular weight is 311 g/mol. The molecule has 1 aliphatic rings. The first kappa shape index (κ1) is 16.0. The summed E-state index contributed by atoms with van der Waals surface area (Å²) in [5.74, 6) is 1.21. The molecule has 0 aromatic carbocycles. The number of nitrogens with two attached hydrogens (primary N) is 1. The molecular weight excluding hydrogens is 286 g/mol. The highest BCUT2D eigenvalue weighted by Gasteiger charge is 2.21. The summed E-state index contributed by atoms with van der Waals surface area (Å²) >= 11 is 1.38. The number of hydrogen-bond acceptors (Lipinski definition) is 6. The van der Waals surface area contributed by atoms with Crippen LogP contribution >= 0.6 is 11.3 Å². The van der Waals surface area contributed by atoms with Crippen LogP contribution in [0.3, 0.4) is 0 Å². The molecule has 1 amide bonds. The first-order valence-electron chi connectivity index (χ1n) is 7.49. The van der Waals surface area contributed by atoms with Gasteiger partial charge in [0.15, 0.2) is 5.13 Å². The first-order valence-corrected chi connectivity index (χ1v) is 8.31. The first-order chi connectivity index (χ1) is 9.99. The standard InChI is InChI=1S/C14H25N5OS/c1-9(2)10(3)8-17-13(20)11-12(15)18-14(21-11)19-6-4-16-5-7-19/h9-10,16H,4-8,15H2,1-3H3,(H,17,20). The van der Waals surface area contributed by atoms with Crippen LogP contribution < -0.4 is 21.3 Å².